The molecule has 0 aliphatic carbocycles. The third-order valence-electron chi connectivity index (χ3n) is 6.05. The second-order valence-electron chi connectivity index (χ2n) is 9.64. The Morgan fingerprint density at radius 2 is 1.88 bits per heavy atom. The standard InChI is InChI=1S/C25H27Cl2FN2O4/c1-24(2,3)12-20-25(13-29,17-6-4-15(27)11-18(17)28)21(22(30-20)23(32)33)16-10-14(26)5-7-19(16)34-9-8-31/h4-7,10-11,20-22,30-31H,8-9,12H2,1-3H3,(H,32,33)/t20-,21-,22+,25-/m0/s1. The van der Waals surface area contributed by atoms with Gasteiger partial charge in [-0.05, 0) is 42.2 Å². The maximum atomic E-state index is 15.4. The van der Waals surface area contributed by atoms with Gasteiger partial charge >= 0.3 is 5.97 Å². The van der Waals surface area contributed by atoms with Crippen LogP contribution in [0.5, 0.6) is 5.75 Å². The summed E-state index contributed by atoms with van der Waals surface area (Å²) in [5.74, 6) is -2.69. The fourth-order valence-electron chi connectivity index (χ4n) is 4.83. The van der Waals surface area contributed by atoms with Gasteiger partial charge in [0.2, 0.25) is 0 Å². The normalized spacial score (nSPS) is 24.6. The van der Waals surface area contributed by atoms with Gasteiger partial charge in [0.15, 0.2) is 0 Å². The number of halogens is 3. The maximum Gasteiger partial charge on any atom is 0.321 e. The molecule has 182 valence electrons. The highest BCUT2D eigenvalue weighted by Gasteiger charge is 2.61. The van der Waals surface area contributed by atoms with Crippen molar-refractivity contribution < 1.29 is 24.1 Å². The van der Waals surface area contributed by atoms with E-state index in [4.69, 9.17) is 27.9 Å². The lowest BCUT2D eigenvalue weighted by molar-refractivity contribution is -0.139. The highest BCUT2D eigenvalue weighted by Crippen LogP contribution is 2.53. The Bertz CT molecular complexity index is 1120. The first-order valence-corrected chi connectivity index (χ1v) is 11.6. The van der Waals surface area contributed by atoms with Gasteiger partial charge < -0.3 is 14.9 Å². The van der Waals surface area contributed by atoms with Gasteiger partial charge in [-0.3, -0.25) is 10.1 Å². The highest BCUT2D eigenvalue weighted by atomic mass is 35.5. The van der Waals surface area contributed by atoms with Crippen LogP contribution in [0.2, 0.25) is 10.0 Å². The van der Waals surface area contributed by atoms with E-state index in [1.807, 2.05) is 20.8 Å². The lowest BCUT2D eigenvalue weighted by Crippen LogP contribution is -2.44. The first-order chi connectivity index (χ1) is 15.9. The number of nitriles is 1. The molecule has 3 rings (SSSR count). The van der Waals surface area contributed by atoms with Crippen LogP contribution in [0.3, 0.4) is 0 Å². The Hall–Kier alpha value is -2.37. The molecule has 1 aliphatic heterocycles. The number of rotatable bonds is 7. The van der Waals surface area contributed by atoms with Crippen molar-refractivity contribution in [2.75, 3.05) is 13.2 Å². The van der Waals surface area contributed by atoms with Crippen LogP contribution in [0.4, 0.5) is 4.39 Å². The van der Waals surface area contributed by atoms with Crippen LogP contribution in [0.25, 0.3) is 0 Å². The molecule has 0 spiro atoms. The molecule has 0 unspecified atom stereocenters. The molecule has 0 aromatic heterocycles. The first kappa shape index (κ1) is 26.2. The van der Waals surface area contributed by atoms with E-state index in [0.29, 0.717) is 17.0 Å². The van der Waals surface area contributed by atoms with Crippen LogP contribution in [0.15, 0.2) is 36.4 Å². The number of hydrogen-bond donors (Lipinski definition) is 3. The van der Waals surface area contributed by atoms with E-state index in [1.165, 1.54) is 18.2 Å². The van der Waals surface area contributed by atoms with Gasteiger partial charge in [0.05, 0.1) is 12.7 Å². The summed E-state index contributed by atoms with van der Waals surface area (Å²) in [5, 5.41) is 33.7. The summed E-state index contributed by atoms with van der Waals surface area (Å²) >= 11 is 12.3. The number of aliphatic hydroxyl groups excluding tert-OH is 1. The van der Waals surface area contributed by atoms with Crippen LogP contribution < -0.4 is 10.1 Å². The molecule has 2 aromatic rings. The third-order valence-corrected chi connectivity index (χ3v) is 6.52. The van der Waals surface area contributed by atoms with E-state index in [1.54, 1.807) is 12.1 Å². The van der Waals surface area contributed by atoms with Gasteiger partial charge in [0.1, 0.15) is 29.6 Å². The molecule has 1 aliphatic rings. The van der Waals surface area contributed by atoms with Crippen LogP contribution in [0.1, 0.15) is 44.2 Å². The summed E-state index contributed by atoms with van der Waals surface area (Å²) in [5.41, 5.74) is -1.56. The second kappa shape index (κ2) is 10.1. The number of hydrogen-bond acceptors (Lipinski definition) is 5. The van der Waals surface area contributed by atoms with Crippen LogP contribution in [-0.4, -0.2) is 41.5 Å². The van der Waals surface area contributed by atoms with Crippen molar-refractivity contribution in [1.82, 2.24) is 5.32 Å². The van der Waals surface area contributed by atoms with E-state index in [0.717, 1.165) is 6.07 Å². The summed E-state index contributed by atoms with van der Waals surface area (Å²) in [6.07, 6.45) is 0.385. The molecule has 0 radical (unpaired) electrons. The molecule has 0 bridgehead atoms. The van der Waals surface area contributed by atoms with Gasteiger partial charge in [0, 0.05) is 33.1 Å². The monoisotopic (exact) mass is 508 g/mol. The largest absolute Gasteiger partial charge is 0.491 e. The van der Waals surface area contributed by atoms with Gasteiger partial charge in [-0.15, -0.1) is 0 Å². The summed E-state index contributed by atoms with van der Waals surface area (Å²) in [6.45, 7) is 5.58. The van der Waals surface area contributed by atoms with Gasteiger partial charge in [-0.25, -0.2) is 4.39 Å². The van der Waals surface area contributed by atoms with E-state index >= 15 is 4.39 Å². The zero-order valence-electron chi connectivity index (χ0n) is 19.1. The zero-order chi connectivity index (χ0) is 25.3. The Kier molecular flexibility index (Phi) is 7.79. The molecule has 34 heavy (non-hydrogen) atoms. The Morgan fingerprint density at radius 1 is 1.24 bits per heavy atom. The molecule has 0 saturated carbocycles. The summed E-state index contributed by atoms with van der Waals surface area (Å²) in [4.78, 5) is 12.5. The predicted octanol–water partition coefficient (Wildman–Crippen LogP) is 4.91. The number of aliphatic hydroxyl groups is 1. The number of benzene rings is 2. The quantitative estimate of drug-likeness (QED) is 0.490. The summed E-state index contributed by atoms with van der Waals surface area (Å²) in [7, 11) is 0. The topological polar surface area (TPSA) is 103 Å². The van der Waals surface area contributed by atoms with Crippen molar-refractivity contribution in [3.8, 4) is 11.8 Å². The van der Waals surface area contributed by atoms with Crippen molar-refractivity contribution in [2.45, 2.75) is 50.6 Å². The average Bonchev–Trinajstić information content (AvgIpc) is 3.06. The summed E-state index contributed by atoms with van der Waals surface area (Å²) in [6, 6.07) is 9.06. The lowest BCUT2D eigenvalue weighted by Gasteiger charge is -2.37. The minimum Gasteiger partial charge on any atom is -0.491 e. The number of nitrogens with one attached hydrogen (secondary N) is 1. The molecule has 1 heterocycles. The third kappa shape index (κ3) is 5.01. The van der Waals surface area contributed by atoms with E-state index in [9.17, 15) is 20.3 Å². The molecule has 1 fully saturated rings. The average molecular weight is 509 g/mol. The minimum absolute atomic E-state index is 0.0444. The van der Waals surface area contributed by atoms with Crippen molar-refractivity contribution >= 4 is 29.2 Å². The molecule has 3 N–H and O–H groups in total. The number of aliphatic carboxylic acids is 1. The number of carboxylic acids is 1. The second-order valence-corrected chi connectivity index (χ2v) is 10.5. The van der Waals surface area contributed by atoms with Gasteiger partial charge in [0.25, 0.3) is 0 Å². The van der Waals surface area contributed by atoms with E-state index in [2.05, 4.69) is 11.4 Å². The lowest BCUT2D eigenvalue weighted by atomic mass is 9.62. The highest BCUT2D eigenvalue weighted by molar-refractivity contribution is 6.31. The molecule has 0 amide bonds. The van der Waals surface area contributed by atoms with Crippen molar-refractivity contribution in [2.24, 2.45) is 5.41 Å². The van der Waals surface area contributed by atoms with E-state index < -0.39 is 35.2 Å². The summed E-state index contributed by atoms with van der Waals surface area (Å²) < 4.78 is 21.1. The minimum atomic E-state index is -1.63. The molecule has 2 aromatic carbocycles. The Balaban J connectivity index is 2.37. The van der Waals surface area contributed by atoms with Crippen molar-refractivity contribution in [3.05, 3.63) is 63.4 Å². The van der Waals surface area contributed by atoms with Gasteiger partial charge in [-0.2, -0.15) is 5.26 Å². The molecule has 9 heteroatoms. The first-order valence-electron chi connectivity index (χ1n) is 10.8. The molecule has 4 atom stereocenters. The van der Waals surface area contributed by atoms with Crippen molar-refractivity contribution in [1.29, 1.82) is 5.26 Å². The Labute approximate surface area is 208 Å². The molecular formula is C25H27Cl2FN2O4. The number of carbonyl (C=O) groups is 1. The maximum absolute atomic E-state index is 15.4. The van der Waals surface area contributed by atoms with Crippen LogP contribution in [0, 0.1) is 22.6 Å². The fraction of sp³-hybridized carbons (Fsp3) is 0.440. The van der Waals surface area contributed by atoms with Gasteiger partial charge in [-0.1, -0.05) is 50.0 Å². The number of ether oxygens (including phenoxy) is 1. The number of carboxylic acid groups (broad SMARTS) is 1. The van der Waals surface area contributed by atoms with Crippen LogP contribution >= 0.6 is 23.2 Å². The molecule has 6 nitrogen and oxygen atoms in total. The smallest absolute Gasteiger partial charge is 0.321 e. The predicted molar refractivity (Wildman–Crippen MR) is 128 cm³/mol. The molecule has 1 saturated heterocycles. The Morgan fingerprint density at radius 3 is 2.44 bits per heavy atom. The fourth-order valence-corrected chi connectivity index (χ4v) is 5.17. The SMILES string of the molecule is CC(C)(C)C[C@@H]1N[C@@H](C(=O)O)[C@H](c2cc(Cl)ccc2OCCO)[C@@]1(C#N)c1ccc(Cl)cc1F. The van der Waals surface area contributed by atoms with E-state index in [-0.39, 0.29) is 35.0 Å². The van der Waals surface area contributed by atoms with Crippen molar-refractivity contribution in [3.63, 3.8) is 0 Å². The molecular weight excluding hydrogens is 482 g/mol. The number of nitrogens with zero attached hydrogens (tertiary/aromatic N) is 1. The van der Waals surface area contributed by atoms with Crippen LogP contribution in [-0.2, 0) is 10.2 Å². The zero-order valence-corrected chi connectivity index (χ0v) is 20.6.